The monoisotopic (exact) mass is 410 g/mol. The molecule has 5 heteroatoms. The molecule has 0 spiro atoms. The lowest BCUT2D eigenvalue weighted by atomic mass is 9.92. The van der Waals surface area contributed by atoms with Crippen LogP contribution in [0.25, 0.3) is 0 Å². The highest BCUT2D eigenvalue weighted by atomic mass is 32.2. The number of carbonyl (C=O) groups is 2. The van der Waals surface area contributed by atoms with Gasteiger partial charge < -0.3 is 5.32 Å². The highest BCUT2D eigenvalue weighted by Crippen LogP contribution is 2.42. The Hall–Kier alpha value is -2.27. The number of anilines is 2. The van der Waals surface area contributed by atoms with Crippen LogP contribution in [-0.4, -0.2) is 17.6 Å². The van der Waals surface area contributed by atoms with Crippen LogP contribution in [0.2, 0.25) is 0 Å². The van der Waals surface area contributed by atoms with Gasteiger partial charge in [-0.2, -0.15) is 0 Å². The number of thioether (sulfide) groups is 1. The van der Waals surface area contributed by atoms with Crippen LogP contribution in [0.5, 0.6) is 0 Å². The molecule has 0 aromatic heterocycles. The topological polar surface area (TPSA) is 49.4 Å². The van der Waals surface area contributed by atoms with Crippen LogP contribution in [0.4, 0.5) is 11.4 Å². The third-order valence-corrected chi connectivity index (χ3v) is 6.06. The zero-order valence-corrected chi connectivity index (χ0v) is 18.7. The molecule has 1 fully saturated rings. The van der Waals surface area contributed by atoms with Crippen molar-refractivity contribution in [3.05, 3.63) is 59.7 Å². The second-order valence-corrected chi connectivity index (χ2v) is 10.2. The van der Waals surface area contributed by atoms with Crippen molar-refractivity contribution in [3.63, 3.8) is 0 Å². The third kappa shape index (κ3) is 5.41. The first-order valence-electron chi connectivity index (χ1n) is 10.1. The summed E-state index contributed by atoms with van der Waals surface area (Å²) in [6, 6.07) is 16.1. The summed E-state index contributed by atoms with van der Waals surface area (Å²) < 4.78 is 0. The van der Waals surface area contributed by atoms with Gasteiger partial charge in [0, 0.05) is 17.8 Å². The molecule has 1 aliphatic heterocycles. The second-order valence-electron chi connectivity index (χ2n) is 9.08. The number of hydrogen-bond acceptors (Lipinski definition) is 3. The molecule has 1 heterocycles. The van der Waals surface area contributed by atoms with Gasteiger partial charge in [-0.3, -0.25) is 14.5 Å². The number of benzene rings is 2. The van der Waals surface area contributed by atoms with Crippen molar-refractivity contribution in [2.75, 3.05) is 16.0 Å². The van der Waals surface area contributed by atoms with E-state index >= 15 is 0 Å². The molecule has 0 aliphatic carbocycles. The summed E-state index contributed by atoms with van der Waals surface area (Å²) in [6.07, 6.45) is 0.461. The van der Waals surface area contributed by atoms with Crippen molar-refractivity contribution in [3.8, 4) is 0 Å². The minimum Gasteiger partial charge on any atom is -0.326 e. The molecule has 2 aromatic carbocycles. The molecule has 3 rings (SSSR count). The van der Waals surface area contributed by atoms with Crippen molar-refractivity contribution >= 4 is 35.0 Å². The van der Waals surface area contributed by atoms with Gasteiger partial charge in [-0.05, 0) is 46.7 Å². The van der Waals surface area contributed by atoms with E-state index in [0.717, 1.165) is 16.9 Å². The average molecular weight is 411 g/mol. The Morgan fingerprint density at radius 2 is 1.86 bits per heavy atom. The van der Waals surface area contributed by atoms with E-state index in [-0.39, 0.29) is 22.6 Å². The highest BCUT2D eigenvalue weighted by molar-refractivity contribution is 8.00. The van der Waals surface area contributed by atoms with Gasteiger partial charge in [0.25, 0.3) is 0 Å². The summed E-state index contributed by atoms with van der Waals surface area (Å²) in [7, 11) is 0. The number of nitrogens with zero attached hydrogens (tertiary/aromatic N) is 1. The number of nitrogens with one attached hydrogen (secondary N) is 1. The molecular weight excluding hydrogens is 380 g/mol. The van der Waals surface area contributed by atoms with Crippen molar-refractivity contribution < 1.29 is 9.59 Å². The van der Waals surface area contributed by atoms with Gasteiger partial charge in [-0.15, -0.1) is 11.8 Å². The van der Waals surface area contributed by atoms with E-state index in [0.29, 0.717) is 18.1 Å². The molecule has 2 amide bonds. The van der Waals surface area contributed by atoms with E-state index in [1.165, 1.54) is 5.56 Å². The van der Waals surface area contributed by atoms with E-state index in [2.05, 4.69) is 31.3 Å². The Morgan fingerprint density at radius 3 is 2.48 bits per heavy atom. The lowest BCUT2D eigenvalue weighted by Crippen LogP contribution is -2.27. The number of amides is 2. The Bertz CT molecular complexity index is 884. The summed E-state index contributed by atoms with van der Waals surface area (Å²) >= 11 is 1.62. The molecule has 1 aliphatic rings. The van der Waals surface area contributed by atoms with Crippen LogP contribution in [-0.2, 0) is 9.59 Å². The van der Waals surface area contributed by atoms with Gasteiger partial charge in [-0.25, -0.2) is 0 Å². The van der Waals surface area contributed by atoms with Crippen LogP contribution < -0.4 is 10.2 Å². The van der Waals surface area contributed by atoms with Gasteiger partial charge in [0.1, 0.15) is 5.37 Å². The molecular formula is C24H30N2O2S. The zero-order valence-electron chi connectivity index (χ0n) is 17.9. The fraction of sp³-hybridized carbons (Fsp3) is 0.417. The predicted octanol–water partition coefficient (Wildman–Crippen LogP) is 5.96. The van der Waals surface area contributed by atoms with E-state index in [4.69, 9.17) is 0 Å². The first-order chi connectivity index (χ1) is 13.6. The van der Waals surface area contributed by atoms with Crippen molar-refractivity contribution in [1.82, 2.24) is 0 Å². The highest BCUT2D eigenvalue weighted by Gasteiger charge is 2.34. The maximum Gasteiger partial charge on any atom is 0.238 e. The SMILES string of the molecule is CC(C)c1ccc(N2C(=O)CS[C@@H]2c2cccc(NC(=O)CC(C)(C)C)c2)cc1. The maximum absolute atomic E-state index is 12.6. The molecule has 1 atom stereocenters. The molecule has 29 heavy (non-hydrogen) atoms. The Labute approximate surface area is 178 Å². The first kappa shape index (κ1) is 21.4. The van der Waals surface area contributed by atoms with E-state index in [9.17, 15) is 9.59 Å². The standard InChI is InChI=1S/C24H30N2O2S/c1-16(2)17-9-11-20(12-10-17)26-22(28)15-29-23(26)18-7-6-8-19(13-18)25-21(27)14-24(3,4)5/h6-13,16,23H,14-15H2,1-5H3,(H,25,27)/t23-/m1/s1. The third-order valence-electron chi connectivity index (χ3n) is 4.85. The Kier molecular flexibility index (Phi) is 6.37. The second kappa shape index (κ2) is 8.62. The number of hydrogen-bond donors (Lipinski definition) is 1. The van der Waals surface area contributed by atoms with Gasteiger partial charge >= 0.3 is 0 Å². The van der Waals surface area contributed by atoms with Crippen molar-refractivity contribution in [2.24, 2.45) is 5.41 Å². The summed E-state index contributed by atoms with van der Waals surface area (Å²) in [5, 5.41) is 2.91. The van der Waals surface area contributed by atoms with Crippen LogP contribution >= 0.6 is 11.8 Å². The first-order valence-corrected chi connectivity index (χ1v) is 11.1. The fourth-order valence-corrected chi connectivity index (χ4v) is 4.59. The number of rotatable bonds is 5. The zero-order chi connectivity index (χ0) is 21.2. The average Bonchev–Trinajstić information content (AvgIpc) is 3.02. The Morgan fingerprint density at radius 1 is 1.17 bits per heavy atom. The minimum atomic E-state index is -0.0909. The quantitative estimate of drug-likeness (QED) is 0.661. The number of carbonyl (C=O) groups excluding carboxylic acids is 2. The van der Waals surface area contributed by atoms with Crippen LogP contribution in [0.3, 0.4) is 0 Å². The smallest absolute Gasteiger partial charge is 0.238 e. The van der Waals surface area contributed by atoms with Crippen LogP contribution in [0.15, 0.2) is 48.5 Å². The molecule has 1 saturated heterocycles. The maximum atomic E-state index is 12.6. The predicted molar refractivity (Wildman–Crippen MR) is 122 cm³/mol. The lowest BCUT2D eigenvalue weighted by Gasteiger charge is -2.25. The van der Waals surface area contributed by atoms with Crippen LogP contribution in [0, 0.1) is 5.41 Å². The van der Waals surface area contributed by atoms with Gasteiger partial charge in [0.05, 0.1) is 5.75 Å². The van der Waals surface area contributed by atoms with Gasteiger partial charge in [0.15, 0.2) is 0 Å². The lowest BCUT2D eigenvalue weighted by molar-refractivity contribution is -0.118. The molecule has 154 valence electrons. The molecule has 0 unspecified atom stereocenters. The summed E-state index contributed by atoms with van der Waals surface area (Å²) in [5.41, 5.74) is 3.90. The van der Waals surface area contributed by atoms with Gasteiger partial charge in [-0.1, -0.05) is 58.9 Å². The van der Waals surface area contributed by atoms with E-state index < -0.39 is 0 Å². The summed E-state index contributed by atoms with van der Waals surface area (Å²) in [4.78, 5) is 26.8. The molecule has 2 aromatic rings. The van der Waals surface area contributed by atoms with E-state index in [1.54, 1.807) is 11.8 Å². The summed E-state index contributed by atoms with van der Waals surface area (Å²) in [6.45, 7) is 10.5. The molecule has 0 saturated carbocycles. The van der Waals surface area contributed by atoms with E-state index in [1.807, 2.05) is 62.1 Å². The van der Waals surface area contributed by atoms with Gasteiger partial charge in [0.2, 0.25) is 11.8 Å². The molecule has 0 bridgehead atoms. The minimum absolute atomic E-state index is 0.00549. The molecule has 0 radical (unpaired) electrons. The fourth-order valence-electron chi connectivity index (χ4n) is 3.43. The Balaban J connectivity index is 1.81. The van der Waals surface area contributed by atoms with Crippen LogP contribution in [0.1, 0.15) is 63.5 Å². The van der Waals surface area contributed by atoms with Crippen molar-refractivity contribution in [2.45, 2.75) is 52.3 Å². The van der Waals surface area contributed by atoms with Crippen molar-refractivity contribution in [1.29, 1.82) is 0 Å². The normalized spacial score (nSPS) is 17.1. The summed E-state index contributed by atoms with van der Waals surface area (Å²) in [5.74, 6) is 1.03. The largest absolute Gasteiger partial charge is 0.326 e. The molecule has 1 N–H and O–H groups in total. The molecule has 4 nitrogen and oxygen atoms in total.